The highest BCUT2D eigenvalue weighted by molar-refractivity contribution is 6.30. The predicted octanol–water partition coefficient (Wildman–Crippen LogP) is 2.42. The standard InChI is InChI=1S/C12H13ClO3/c1-15-10-4-3-8-9(12(10)14)5-7(13)6-11(8)16-2/h3-6,10,12,14H,1-2H3/t10-,12-/m0/s1. The topological polar surface area (TPSA) is 38.7 Å². The van der Waals surface area contributed by atoms with E-state index in [9.17, 15) is 5.11 Å². The molecule has 3 nitrogen and oxygen atoms in total. The molecule has 1 aromatic rings. The number of aliphatic hydroxyl groups excluding tert-OH is 1. The zero-order chi connectivity index (χ0) is 11.7. The highest BCUT2D eigenvalue weighted by atomic mass is 35.5. The molecule has 0 heterocycles. The summed E-state index contributed by atoms with van der Waals surface area (Å²) in [7, 11) is 3.14. The number of methoxy groups -OCH3 is 2. The van der Waals surface area contributed by atoms with Gasteiger partial charge in [-0.2, -0.15) is 0 Å². The Labute approximate surface area is 99.3 Å². The van der Waals surface area contributed by atoms with Gasteiger partial charge in [-0.25, -0.2) is 0 Å². The molecule has 0 unspecified atom stereocenters. The Balaban J connectivity index is 2.54. The van der Waals surface area contributed by atoms with Crippen molar-refractivity contribution in [3.05, 3.63) is 34.4 Å². The summed E-state index contributed by atoms with van der Waals surface area (Å²) in [5, 5.41) is 10.6. The summed E-state index contributed by atoms with van der Waals surface area (Å²) in [6.45, 7) is 0. The molecule has 0 aromatic heterocycles. The first-order chi connectivity index (χ1) is 7.67. The van der Waals surface area contributed by atoms with Crippen LogP contribution in [-0.4, -0.2) is 25.4 Å². The van der Waals surface area contributed by atoms with Crippen molar-refractivity contribution in [3.63, 3.8) is 0 Å². The summed E-state index contributed by atoms with van der Waals surface area (Å²) in [6, 6.07) is 3.46. The van der Waals surface area contributed by atoms with E-state index in [0.717, 1.165) is 11.1 Å². The molecule has 2 rings (SSSR count). The monoisotopic (exact) mass is 240 g/mol. The molecule has 1 N–H and O–H groups in total. The van der Waals surface area contributed by atoms with Crippen molar-refractivity contribution in [1.82, 2.24) is 0 Å². The summed E-state index contributed by atoms with van der Waals surface area (Å²) in [6.07, 6.45) is 2.64. The number of halogens is 1. The van der Waals surface area contributed by atoms with Gasteiger partial charge in [0.25, 0.3) is 0 Å². The van der Waals surface area contributed by atoms with Gasteiger partial charge in [-0.15, -0.1) is 0 Å². The smallest absolute Gasteiger partial charge is 0.127 e. The van der Waals surface area contributed by atoms with Gasteiger partial charge in [0.1, 0.15) is 18.0 Å². The fourth-order valence-electron chi connectivity index (χ4n) is 1.89. The average molecular weight is 241 g/mol. The molecular formula is C12H13ClO3. The van der Waals surface area contributed by atoms with Crippen LogP contribution in [0.4, 0.5) is 0 Å². The molecule has 0 aliphatic heterocycles. The van der Waals surface area contributed by atoms with E-state index in [0.29, 0.717) is 10.8 Å². The van der Waals surface area contributed by atoms with Crippen LogP contribution < -0.4 is 4.74 Å². The van der Waals surface area contributed by atoms with Gasteiger partial charge in [-0.3, -0.25) is 0 Å². The molecule has 86 valence electrons. The van der Waals surface area contributed by atoms with Crippen molar-refractivity contribution in [2.75, 3.05) is 14.2 Å². The van der Waals surface area contributed by atoms with E-state index in [1.165, 1.54) is 0 Å². The molecule has 0 saturated heterocycles. The maximum Gasteiger partial charge on any atom is 0.127 e. The molecule has 1 aliphatic rings. The first-order valence-corrected chi connectivity index (χ1v) is 5.31. The Morgan fingerprint density at radius 1 is 1.31 bits per heavy atom. The summed E-state index contributed by atoms with van der Waals surface area (Å²) in [5.74, 6) is 0.660. The molecule has 2 atom stereocenters. The van der Waals surface area contributed by atoms with Crippen LogP contribution in [0.15, 0.2) is 18.2 Å². The molecule has 1 aliphatic carbocycles. The third kappa shape index (κ3) is 1.82. The van der Waals surface area contributed by atoms with E-state index >= 15 is 0 Å². The number of hydrogen-bond donors (Lipinski definition) is 1. The zero-order valence-corrected chi connectivity index (χ0v) is 9.86. The fourth-order valence-corrected chi connectivity index (χ4v) is 2.10. The summed E-state index contributed by atoms with van der Waals surface area (Å²) in [4.78, 5) is 0. The second-order valence-electron chi connectivity index (χ2n) is 3.62. The number of aliphatic hydroxyl groups is 1. The van der Waals surface area contributed by atoms with E-state index in [1.54, 1.807) is 26.4 Å². The van der Waals surface area contributed by atoms with E-state index < -0.39 is 6.10 Å². The third-order valence-electron chi connectivity index (χ3n) is 2.71. The first-order valence-electron chi connectivity index (χ1n) is 4.94. The quantitative estimate of drug-likeness (QED) is 0.863. The second kappa shape index (κ2) is 4.45. The van der Waals surface area contributed by atoms with Gasteiger partial charge in [0.15, 0.2) is 0 Å². The molecule has 0 spiro atoms. The maximum atomic E-state index is 10.1. The third-order valence-corrected chi connectivity index (χ3v) is 2.93. The van der Waals surface area contributed by atoms with Crippen molar-refractivity contribution < 1.29 is 14.6 Å². The number of hydrogen-bond acceptors (Lipinski definition) is 3. The largest absolute Gasteiger partial charge is 0.496 e. The molecule has 0 radical (unpaired) electrons. The van der Waals surface area contributed by atoms with Crippen molar-refractivity contribution >= 4 is 17.7 Å². The van der Waals surface area contributed by atoms with Gasteiger partial charge in [0.2, 0.25) is 0 Å². The van der Waals surface area contributed by atoms with Crippen LogP contribution in [0.25, 0.3) is 6.08 Å². The maximum absolute atomic E-state index is 10.1. The Kier molecular flexibility index (Phi) is 3.19. The SMILES string of the molecule is COc1cc(Cl)cc2c1C=C[C@H](OC)[C@H]2O. The van der Waals surface area contributed by atoms with Crippen LogP contribution in [0.5, 0.6) is 5.75 Å². The summed E-state index contributed by atoms with van der Waals surface area (Å²) >= 11 is 5.96. The Morgan fingerprint density at radius 2 is 2.06 bits per heavy atom. The fraction of sp³-hybridized carbons (Fsp3) is 0.333. The highest BCUT2D eigenvalue weighted by Crippen LogP contribution is 2.37. The Bertz CT molecular complexity index is 429. The lowest BCUT2D eigenvalue weighted by molar-refractivity contribution is 0.0149. The Hall–Kier alpha value is -1.03. The van der Waals surface area contributed by atoms with Crippen molar-refractivity contribution in [3.8, 4) is 5.75 Å². The van der Waals surface area contributed by atoms with Crippen molar-refractivity contribution in [1.29, 1.82) is 0 Å². The summed E-state index contributed by atoms with van der Waals surface area (Å²) in [5.41, 5.74) is 1.59. The van der Waals surface area contributed by atoms with Gasteiger partial charge < -0.3 is 14.6 Å². The lowest BCUT2D eigenvalue weighted by atomic mass is 9.92. The van der Waals surface area contributed by atoms with Crippen LogP contribution in [0, 0.1) is 0 Å². The highest BCUT2D eigenvalue weighted by Gasteiger charge is 2.26. The van der Waals surface area contributed by atoms with E-state index in [-0.39, 0.29) is 6.10 Å². The van der Waals surface area contributed by atoms with Crippen molar-refractivity contribution in [2.45, 2.75) is 12.2 Å². The molecular weight excluding hydrogens is 228 g/mol. The van der Waals surface area contributed by atoms with Gasteiger partial charge in [0.05, 0.1) is 7.11 Å². The van der Waals surface area contributed by atoms with Crippen LogP contribution in [0.2, 0.25) is 5.02 Å². The first kappa shape index (κ1) is 11.5. The number of benzene rings is 1. The van der Waals surface area contributed by atoms with Crippen LogP contribution in [-0.2, 0) is 4.74 Å². The van der Waals surface area contributed by atoms with Gasteiger partial charge in [0, 0.05) is 17.7 Å². The van der Waals surface area contributed by atoms with Crippen LogP contribution >= 0.6 is 11.6 Å². The summed E-state index contributed by atoms with van der Waals surface area (Å²) < 4.78 is 10.4. The van der Waals surface area contributed by atoms with Crippen LogP contribution in [0.3, 0.4) is 0 Å². The zero-order valence-electron chi connectivity index (χ0n) is 9.11. The van der Waals surface area contributed by atoms with Crippen molar-refractivity contribution in [2.24, 2.45) is 0 Å². The normalized spacial score (nSPS) is 23.0. The average Bonchev–Trinajstić information content (AvgIpc) is 2.29. The van der Waals surface area contributed by atoms with E-state index in [1.807, 2.05) is 12.2 Å². The Morgan fingerprint density at radius 3 is 2.69 bits per heavy atom. The molecule has 0 bridgehead atoms. The van der Waals surface area contributed by atoms with E-state index in [2.05, 4.69) is 0 Å². The molecule has 1 aromatic carbocycles. The van der Waals surface area contributed by atoms with Gasteiger partial charge in [-0.05, 0) is 17.7 Å². The minimum Gasteiger partial charge on any atom is -0.496 e. The molecule has 0 saturated carbocycles. The molecule has 16 heavy (non-hydrogen) atoms. The van der Waals surface area contributed by atoms with Gasteiger partial charge in [-0.1, -0.05) is 23.8 Å². The second-order valence-corrected chi connectivity index (χ2v) is 4.05. The molecule has 0 fully saturated rings. The number of fused-ring (bicyclic) bond motifs is 1. The van der Waals surface area contributed by atoms with Crippen LogP contribution in [0.1, 0.15) is 17.2 Å². The molecule has 4 heteroatoms. The minimum atomic E-state index is -0.711. The predicted molar refractivity (Wildman–Crippen MR) is 62.8 cm³/mol. The number of rotatable bonds is 2. The number of ether oxygens (including phenoxy) is 2. The molecule has 0 amide bonds. The minimum absolute atomic E-state index is 0.337. The lowest BCUT2D eigenvalue weighted by Crippen LogP contribution is -2.22. The van der Waals surface area contributed by atoms with Gasteiger partial charge >= 0.3 is 0 Å². The van der Waals surface area contributed by atoms with E-state index in [4.69, 9.17) is 21.1 Å². The lowest BCUT2D eigenvalue weighted by Gasteiger charge is -2.25.